The third-order valence-corrected chi connectivity index (χ3v) is 9.31. The van der Waals surface area contributed by atoms with Crippen molar-refractivity contribution < 1.29 is 14.6 Å². The Balaban J connectivity index is 1.37. The predicted octanol–water partition coefficient (Wildman–Crippen LogP) is 4.67. The normalized spacial score (nSPS) is 30.0. The van der Waals surface area contributed by atoms with Crippen LogP contribution in [-0.2, 0) is 24.8 Å². The molecular weight excluding hydrogens is 436 g/mol. The third-order valence-electron chi connectivity index (χ3n) is 9.31. The Kier molecular flexibility index (Phi) is 3.81. The van der Waals surface area contributed by atoms with E-state index < -0.39 is 11.0 Å². The number of fused-ring (bicyclic) bond motifs is 4. The maximum absolute atomic E-state index is 13.0. The largest absolute Gasteiger partial charge is 0.493 e. The molecule has 2 bridgehead atoms. The lowest BCUT2D eigenvalue weighted by atomic mass is 9.49. The Morgan fingerprint density at radius 1 is 1.09 bits per heavy atom. The lowest BCUT2D eigenvalue weighted by molar-refractivity contribution is -0.174. The zero-order valence-electron chi connectivity index (χ0n) is 19.8. The number of piperidine rings is 1. The summed E-state index contributed by atoms with van der Waals surface area (Å²) in [6.07, 6.45) is 2.03. The van der Waals surface area contributed by atoms with Gasteiger partial charge in [0.15, 0.2) is 17.6 Å². The number of methoxy groups -OCH3 is 1. The molecule has 1 fully saturated rings. The molecule has 1 aromatic heterocycles. The fourth-order valence-electron chi connectivity index (χ4n) is 7.88. The summed E-state index contributed by atoms with van der Waals surface area (Å²) < 4.78 is 12.6. The molecule has 0 amide bonds. The molecule has 3 heterocycles. The number of H-pyrrole nitrogens is 1. The molecule has 4 atom stereocenters. The fraction of sp³-hybridized carbons (Fsp3) is 0.333. The predicted molar refractivity (Wildman–Crippen MR) is 134 cm³/mol. The highest BCUT2D eigenvalue weighted by molar-refractivity contribution is 5.86. The van der Waals surface area contributed by atoms with E-state index >= 15 is 0 Å². The van der Waals surface area contributed by atoms with Gasteiger partial charge < -0.3 is 19.6 Å². The number of likely N-dealkylation sites (tertiary alicyclic amines) is 1. The van der Waals surface area contributed by atoms with Crippen molar-refractivity contribution in [3.63, 3.8) is 0 Å². The molecular formula is C30H28N2O3. The number of hydrogen-bond donors (Lipinski definition) is 2. The summed E-state index contributed by atoms with van der Waals surface area (Å²) in [5.74, 6) is 1.59. The van der Waals surface area contributed by atoms with Gasteiger partial charge in [-0.2, -0.15) is 0 Å². The summed E-state index contributed by atoms with van der Waals surface area (Å²) in [4.78, 5) is 6.22. The van der Waals surface area contributed by atoms with Crippen LogP contribution in [0.1, 0.15) is 40.5 Å². The molecule has 2 aliphatic carbocycles. The summed E-state index contributed by atoms with van der Waals surface area (Å²) in [6.45, 7) is 1.77. The zero-order chi connectivity index (χ0) is 23.4. The van der Waals surface area contributed by atoms with Crippen LogP contribution < -0.4 is 9.47 Å². The van der Waals surface area contributed by atoms with E-state index in [1.54, 1.807) is 7.11 Å². The van der Waals surface area contributed by atoms with Crippen LogP contribution in [0.15, 0.2) is 66.7 Å². The summed E-state index contributed by atoms with van der Waals surface area (Å²) in [5.41, 5.74) is 5.76. The first-order chi connectivity index (χ1) is 17.1. The second-order valence-corrected chi connectivity index (χ2v) is 10.7. The van der Waals surface area contributed by atoms with Crippen molar-refractivity contribution in [2.24, 2.45) is 0 Å². The number of hydrogen-bond acceptors (Lipinski definition) is 4. The monoisotopic (exact) mass is 464 g/mol. The van der Waals surface area contributed by atoms with Gasteiger partial charge in [0.25, 0.3) is 0 Å². The number of benzene rings is 3. The highest BCUT2D eigenvalue weighted by Gasteiger charge is 2.72. The van der Waals surface area contributed by atoms with Crippen LogP contribution in [0.5, 0.6) is 11.5 Å². The van der Waals surface area contributed by atoms with Crippen molar-refractivity contribution in [1.29, 1.82) is 0 Å². The summed E-state index contributed by atoms with van der Waals surface area (Å²) in [6, 6.07) is 23.3. The zero-order valence-corrected chi connectivity index (χ0v) is 19.8. The Morgan fingerprint density at radius 2 is 1.91 bits per heavy atom. The highest BCUT2D eigenvalue weighted by Crippen LogP contribution is 2.69. The van der Waals surface area contributed by atoms with E-state index in [1.165, 1.54) is 27.6 Å². The summed E-state index contributed by atoms with van der Waals surface area (Å²) >= 11 is 0. The molecule has 5 heteroatoms. The van der Waals surface area contributed by atoms with Crippen molar-refractivity contribution in [2.75, 3.05) is 13.7 Å². The van der Waals surface area contributed by atoms with E-state index in [0.29, 0.717) is 6.42 Å². The first-order valence-electron chi connectivity index (χ1n) is 12.6. The van der Waals surface area contributed by atoms with Crippen LogP contribution in [0.4, 0.5) is 0 Å². The maximum Gasteiger partial charge on any atom is 0.166 e. The van der Waals surface area contributed by atoms with Crippen LogP contribution in [0, 0.1) is 0 Å². The molecule has 35 heavy (non-hydrogen) atoms. The summed E-state index contributed by atoms with van der Waals surface area (Å²) in [7, 11) is 1.70. The Labute approximate surface area is 204 Å². The average molecular weight is 465 g/mol. The van der Waals surface area contributed by atoms with Crippen molar-refractivity contribution >= 4 is 10.9 Å². The highest BCUT2D eigenvalue weighted by atomic mass is 16.5. The molecule has 176 valence electrons. The lowest BCUT2D eigenvalue weighted by Crippen LogP contribution is -2.74. The van der Waals surface area contributed by atoms with E-state index in [9.17, 15) is 5.11 Å². The van der Waals surface area contributed by atoms with Gasteiger partial charge in [0, 0.05) is 42.0 Å². The second-order valence-electron chi connectivity index (χ2n) is 10.7. The van der Waals surface area contributed by atoms with Gasteiger partial charge in [-0.1, -0.05) is 54.6 Å². The van der Waals surface area contributed by atoms with Crippen molar-refractivity contribution in [3.8, 4) is 11.5 Å². The van der Waals surface area contributed by atoms with Gasteiger partial charge in [0.2, 0.25) is 0 Å². The smallest absolute Gasteiger partial charge is 0.166 e. The molecule has 4 aromatic rings. The van der Waals surface area contributed by atoms with Crippen LogP contribution in [-0.4, -0.2) is 40.3 Å². The molecule has 4 aliphatic rings. The van der Waals surface area contributed by atoms with Crippen LogP contribution in [0.2, 0.25) is 0 Å². The molecule has 3 aromatic carbocycles. The van der Waals surface area contributed by atoms with Crippen LogP contribution >= 0.6 is 0 Å². The van der Waals surface area contributed by atoms with Crippen molar-refractivity contribution in [3.05, 3.63) is 94.7 Å². The van der Waals surface area contributed by atoms with Gasteiger partial charge in [0.1, 0.15) is 0 Å². The van der Waals surface area contributed by atoms with Gasteiger partial charge in [-0.15, -0.1) is 0 Å². The minimum Gasteiger partial charge on any atom is -0.493 e. The number of nitrogens with zero attached hydrogens (tertiary/aromatic N) is 1. The minimum atomic E-state index is -0.937. The molecule has 8 rings (SSSR count). The molecule has 2 aliphatic heterocycles. The number of nitrogens with one attached hydrogen (secondary N) is 1. The first kappa shape index (κ1) is 20.0. The number of para-hydroxylation sites is 1. The molecule has 1 saturated heterocycles. The molecule has 1 spiro atoms. The Morgan fingerprint density at radius 3 is 2.77 bits per heavy atom. The van der Waals surface area contributed by atoms with Crippen LogP contribution in [0.25, 0.3) is 10.9 Å². The lowest BCUT2D eigenvalue weighted by Gasteiger charge is -2.62. The third kappa shape index (κ3) is 2.31. The van der Waals surface area contributed by atoms with Gasteiger partial charge in [-0.3, -0.25) is 4.90 Å². The van der Waals surface area contributed by atoms with Gasteiger partial charge in [-0.05, 0) is 41.7 Å². The Hall–Kier alpha value is -3.28. The molecule has 0 radical (unpaired) electrons. The molecule has 2 N–H and O–H groups in total. The van der Waals surface area contributed by atoms with Gasteiger partial charge in [0.05, 0.1) is 23.8 Å². The van der Waals surface area contributed by atoms with Gasteiger partial charge in [-0.25, -0.2) is 0 Å². The standard InChI is InChI=1S/C30H28N2O3/c1-34-23-12-11-19-15-24-30(33)16-21-20-9-5-6-10-22(20)31-26(21)28-29(30,25(19)27(23)35-28)13-14-32(24)17-18-7-3-2-4-8-18/h2-12,24,28,31,33H,13-17H2,1H3/t24-,28+,29+,30-/m1/s1. The number of aromatic nitrogens is 1. The molecule has 5 nitrogen and oxygen atoms in total. The van der Waals surface area contributed by atoms with E-state index in [1.807, 2.05) is 6.07 Å². The van der Waals surface area contributed by atoms with E-state index in [-0.39, 0.29) is 12.1 Å². The first-order valence-corrected chi connectivity index (χ1v) is 12.6. The van der Waals surface area contributed by atoms with E-state index in [4.69, 9.17) is 9.47 Å². The number of rotatable bonds is 3. The quantitative estimate of drug-likeness (QED) is 0.463. The van der Waals surface area contributed by atoms with Crippen LogP contribution in [0.3, 0.4) is 0 Å². The number of ether oxygens (including phenoxy) is 2. The Bertz CT molecular complexity index is 1490. The molecule has 0 saturated carbocycles. The number of aliphatic hydroxyl groups is 1. The SMILES string of the molecule is COc1ccc2c3c1O[C@H]1c4[nH]c5ccccc5c4C[C@@]4(O)[C@@H](C2)N(Cc2ccccc2)CC[C@]314. The van der Waals surface area contributed by atoms with E-state index in [2.05, 4.69) is 70.5 Å². The average Bonchev–Trinajstić information content (AvgIpc) is 3.41. The second kappa shape index (κ2) is 6.68. The minimum absolute atomic E-state index is 0.0104. The summed E-state index contributed by atoms with van der Waals surface area (Å²) in [5, 5.41) is 14.2. The number of aromatic amines is 1. The fourth-order valence-corrected chi connectivity index (χ4v) is 7.88. The topological polar surface area (TPSA) is 57.7 Å². The molecule has 0 unspecified atom stereocenters. The maximum atomic E-state index is 13.0. The van der Waals surface area contributed by atoms with Gasteiger partial charge >= 0.3 is 0 Å². The van der Waals surface area contributed by atoms with Crippen molar-refractivity contribution in [1.82, 2.24) is 9.88 Å². The van der Waals surface area contributed by atoms with Crippen molar-refractivity contribution in [2.45, 2.75) is 49.0 Å². The van der Waals surface area contributed by atoms with E-state index in [0.717, 1.165) is 48.6 Å².